The highest BCUT2D eigenvalue weighted by atomic mass is 16.3. The van der Waals surface area contributed by atoms with Gasteiger partial charge < -0.3 is 10.2 Å². The minimum atomic E-state index is -0.0872. The van der Waals surface area contributed by atoms with Crippen molar-refractivity contribution in [3.8, 4) is 11.5 Å². The Kier molecular flexibility index (Phi) is 6.23. The molecule has 0 bridgehead atoms. The summed E-state index contributed by atoms with van der Waals surface area (Å²) in [7, 11) is 0. The molecule has 2 N–H and O–H groups in total. The summed E-state index contributed by atoms with van der Waals surface area (Å²) < 4.78 is 0. The topological polar surface area (TPSA) is 40.5 Å². The molecule has 28 heavy (non-hydrogen) atoms. The van der Waals surface area contributed by atoms with E-state index in [9.17, 15) is 10.2 Å². The summed E-state index contributed by atoms with van der Waals surface area (Å²) in [5.74, 6) is 0.954. The second kappa shape index (κ2) is 7.81. The van der Waals surface area contributed by atoms with E-state index < -0.39 is 0 Å². The molecule has 1 atom stereocenters. The summed E-state index contributed by atoms with van der Waals surface area (Å²) in [6.07, 6.45) is 2.10. The molecule has 0 aliphatic rings. The normalized spacial score (nSPS) is 13.6. The quantitative estimate of drug-likeness (QED) is 0.585. The number of hydrogen-bond acceptors (Lipinski definition) is 2. The maximum absolute atomic E-state index is 10.8. The first-order chi connectivity index (χ1) is 12.8. The van der Waals surface area contributed by atoms with Gasteiger partial charge in [0.25, 0.3) is 0 Å². The van der Waals surface area contributed by atoms with Gasteiger partial charge in [0.05, 0.1) is 0 Å². The summed E-state index contributed by atoms with van der Waals surface area (Å²) >= 11 is 0. The van der Waals surface area contributed by atoms with Gasteiger partial charge in [-0.1, -0.05) is 67.0 Å². The molecular formula is C26H38O2. The van der Waals surface area contributed by atoms with Crippen LogP contribution >= 0.6 is 0 Å². The third-order valence-electron chi connectivity index (χ3n) is 5.71. The van der Waals surface area contributed by atoms with Crippen molar-refractivity contribution >= 4 is 0 Å². The first-order valence-electron chi connectivity index (χ1n) is 10.5. The third kappa shape index (κ3) is 4.37. The summed E-state index contributed by atoms with van der Waals surface area (Å²) in [5, 5.41) is 20.8. The average molecular weight is 383 g/mol. The van der Waals surface area contributed by atoms with E-state index in [2.05, 4.69) is 60.6 Å². The molecular weight excluding hydrogens is 344 g/mol. The molecule has 0 fully saturated rings. The summed E-state index contributed by atoms with van der Waals surface area (Å²) in [5.41, 5.74) is 6.76. The highest BCUT2D eigenvalue weighted by molar-refractivity contribution is 5.57. The molecule has 2 aromatic carbocycles. The Morgan fingerprint density at radius 1 is 0.857 bits per heavy atom. The number of aromatic hydroxyl groups is 2. The first kappa shape index (κ1) is 22.3. The lowest BCUT2D eigenvalue weighted by Crippen LogP contribution is -2.25. The maximum atomic E-state index is 10.8. The van der Waals surface area contributed by atoms with Crippen LogP contribution in [0.1, 0.15) is 101 Å². The Morgan fingerprint density at radius 3 is 1.93 bits per heavy atom. The molecule has 0 saturated heterocycles. The van der Waals surface area contributed by atoms with E-state index in [1.807, 2.05) is 26.0 Å². The van der Waals surface area contributed by atoms with Crippen molar-refractivity contribution in [2.75, 3.05) is 0 Å². The zero-order valence-corrected chi connectivity index (χ0v) is 19.2. The van der Waals surface area contributed by atoms with Crippen LogP contribution in [0, 0.1) is 13.8 Å². The molecule has 0 spiro atoms. The second-order valence-electron chi connectivity index (χ2n) is 10.2. The van der Waals surface area contributed by atoms with Gasteiger partial charge in [-0.05, 0) is 76.6 Å². The van der Waals surface area contributed by atoms with E-state index in [4.69, 9.17) is 0 Å². The van der Waals surface area contributed by atoms with Gasteiger partial charge >= 0.3 is 0 Å². The predicted octanol–water partition coefficient (Wildman–Crippen LogP) is 7.24. The molecule has 2 nitrogen and oxygen atoms in total. The number of rotatable bonds is 4. The van der Waals surface area contributed by atoms with Crippen molar-refractivity contribution < 1.29 is 10.2 Å². The lowest BCUT2D eigenvalue weighted by atomic mass is 9.68. The van der Waals surface area contributed by atoms with Gasteiger partial charge in [0, 0.05) is 5.92 Å². The van der Waals surface area contributed by atoms with Gasteiger partial charge in [0.15, 0.2) is 0 Å². The van der Waals surface area contributed by atoms with Crippen LogP contribution in [0.4, 0.5) is 0 Å². The fourth-order valence-corrected chi connectivity index (χ4v) is 4.40. The Hall–Kier alpha value is -1.96. The van der Waals surface area contributed by atoms with Crippen LogP contribution in [-0.2, 0) is 10.8 Å². The molecule has 0 saturated carbocycles. The van der Waals surface area contributed by atoms with E-state index in [0.29, 0.717) is 11.5 Å². The zero-order valence-electron chi connectivity index (χ0n) is 19.2. The average Bonchev–Trinajstić information content (AvgIpc) is 2.55. The summed E-state index contributed by atoms with van der Waals surface area (Å²) in [6.45, 7) is 19.6. The Balaban J connectivity index is 2.95. The lowest BCUT2D eigenvalue weighted by molar-refractivity contribution is 0.456. The molecule has 0 aliphatic carbocycles. The molecule has 2 heteroatoms. The molecule has 2 aromatic rings. The van der Waals surface area contributed by atoms with Crippen molar-refractivity contribution in [1.29, 1.82) is 0 Å². The fraction of sp³-hybridized carbons (Fsp3) is 0.538. The van der Waals surface area contributed by atoms with Crippen LogP contribution < -0.4 is 0 Å². The second-order valence-corrected chi connectivity index (χ2v) is 10.2. The fourth-order valence-electron chi connectivity index (χ4n) is 4.40. The number of phenolic OH excluding ortho intramolecular Hbond substituents is 2. The van der Waals surface area contributed by atoms with Crippen LogP contribution in [0.25, 0.3) is 0 Å². The molecule has 0 aromatic heterocycles. The minimum absolute atomic E-state index is 0.0849. The van der Waals surface area contributed by atoms with Gasteiger partial charge in [-0.25, -0.2) is 0 Å². The Bertz CT molecular complexity index is 848. The van der Waals surface area contributed by atoms with Crippen molar-refractivity contribution in [3.05, 3.63) is 57.6 Å². The summed E-state index contributed by atoms with van der Waals surface area (Å²) in [6, 6.07) is 7.98. The van der Waals surface area contributed by atoms with E-state index in [1.165, 1.54) is 22.3 Å². The van der Waals surface area contributed by atoms with Crippen molar-refractivity contribution in [2.24, 2.45) is 0 Å². The highest BCUT2D eigenvalue weighted by Gasteiger charge is 2.33. The van der Waals surface area contributed by atoms with E-state index in [-0.39, 0.29) is 16.7 Å². The molecule has 0 aliphatic heterocycles. The van der Waals surface area contributed by atoms with Crippen molar-refractivity contribution in [3.63, 3.8) is 0 Å². The SMILES string of the molecule is CCCC(c1ccc(O)c(C)c1)c1c(C(C)(C)C)cc(O)c(C)c1C(C)(C)C. The van der Waals surface area contributed by atoms with Gasteiger partial charge in [-0.3, -0.25) is 0 Å². The minimum Gasteiger partial charge on any atom is -0.508 e. The number of hydrogen-bond donors (Lipinski definition) is 2. The largest absolute Gasteiger partial charge is 0.508 e. The molecule has 0 amide bonds. The van der Waals surface area contributed by atoms with Gasteiger partial charge in [0.1, 0.15) is 11.5 Å². The molecule has 154 valence electrons. The van der Waals surface area contributed by atoms with Crippen molar-refractivity contribution in [1.82, 2.24) is 0 Å². The lowest BCUT2D eigenvalue weighted by Gasteiger charge is -2.36. The number of benzene rings is 2. The highest BCUT2D eigenvalue weighted by Crippen LogP contribution is 2.46. The monoisotopic (exact) mass is 382 g/mol. The smallest absolute Gasteiger partial charge is 0.119 e. The predicted molar refractivity (Wildman–Crippen MR) is 120 cm³/mol. The number of phenols is 2. The number of aryl methyl sites for hydroxylation is 1. The zero-order chi connectivity index (χ0) is 21.4. The standard InChI is InChI=1S/C26H38O2/c1-10-11-19(18-12-13-21(27)16(2)14-18)23-20(25(4,5)6)15-22(28)17(3)24(23)26(7,8)9/h12-15,19,27-28H,10-11H2,1-9H3. The van der Waals surface area contributed by atoms with Gasteiger partial charge in [-0.2, -0.15) is 0 Å². The van der Waals surface area contributed by atoms with E-state index in [1.54, 1.807) is 0 Å². The molecule has 1 unspecified atom stereocenters. The van der Waals surface area contributed by atoms with Crippen LogP contribution in [-0.4, -0.2) is 10.2 Å². The van der Waals surface area contributed by atoms with Crippen LogP contribution in [0.3, 0.4) is 0 Å². The van der Waals surface area contributed by atoms with Crippen LogP contribution in [0.2, 0.25) is 0 Å². The van der Waals surface area contributed by atoms with E-state index in [0.717, 1.165) is 24.0 Å². The summed E-state index contributed by atoms with van der Waals surface area (Å²) in [4.78, 5) is 0. The molecule has 0 heterocycles. The third-order valence-corrected chi connectivity index (χ3v) is 5.71. The molecule has 2 rings (SSSR count). The van der Waals surface area contributed by atoms with E-state index >= 15 is 0 Å². The van der Waals surface area contributed by atoms with Gasteiger partial charge in [-0.15, -0.1) is 0 Å². The van der Waals surface area contributed by atoms with Crippen LogP contribution in [0.5, 0.6) is 11.5 Å². The molecule has 0 radical (unpaired) electrons. The Morgan fingerprint density at radius 2 is 1.46 bits per heavy atom. The van der Waals surface area contributed by atoms with Gasteiger partial charge in [0.2, 0.25) is 0 Å². The van der Waals surface area contributed by atoms with Crippen LogP contribution in [0.15, 0.2) is 24.3 Å². The Labute approximate surface area is 171 Å². The maximum Gasteiger partial charge on any atom is 0.119 e. The first-order valence-corrected chi connectivity index (χ1v) is 10.5. The van der Waals surface area contributed by atoms with Crippen molar-refractivity contribution in [2.45, 2.75) is 91.9 Å².